The number of para-hydroxylation sites is 1. The number of fused-ring (bicyclic) bond motifs is 3. The molecule has 0 saturated heterocycles. The molecule has 2 aromatic rings. The molecule has 0 bridgehead atoms. The summed E-state index contributed by atoms with van der Waals surface area (Å²) in [6.07, 6.45) is 2.24. The summed E-state index contributed by atoms with van der Waals surface area (Å²) in [7, 11) is 0. The van der Waals surface area contributed by atoms with Crippen molar-refractivity contribution in [1.82, 2.24) is 0 Å². The van der Waals surface area contributed by atoms with Gasteiger partial charge in [-0.25, -0.2) is 0 Å². The van der Waals surface area contributed by atoms with Crippen molar-refractivity contribution in [2.45, 2.75) is 11.4 Å². The molecule has 0 amide bonds. The summed E-state index contributed by atoms with van der Waals surface area (Å²) in [5, 5.41) is 2.49. The molecule has 2 heteroatoms. The van der Waals surface area contributed by atoms with E-state index in [0.717, 1.165) is 11.0 Å². The van der Waals surface area contributed by atoms with Gasteiger partial charge in [0.1, 0.15) is 0 Å². The van der Waals surface area contributed by atoms with Gasteiger partial charge in [0.2, 0.25) is 0 Å². The predicted octanol–water partition coefficient (Wildman–Crippen LogP) is 1.64. The quantitative estimate of drug-likeness (QED) is 0.656. The van der Waals surface area contributed by atoms with Crippen LogP contribution in [0.5, 0.6) is 0 Å². The Balaban J connectivity index is 2.54. The molecule has 1 nitrogen and oxygen atoms in total. The number of furan rings is 1. The zero-order valence-electron chi connectivity index (χ0n) is 8.90. The van der Waals surface area contributed by atoms with Crippen LogP contribution < -0.4 is 10.6 Å². The number of benzene rings is 1. The Morgan fingerprint density at radius 2 is 1.93 bits per heavy atom. The molecule has 2 heterocycles. The second-order valence-electron chi connectivity index (χ2n) is 4.45. The van der Waals surface area contributed by atoms with E-state index in [1.165, 1.54) is 10.6 Å². The molecular weight excluding hydrogens is 247 g/mol. The minimum atomic E-state index is -1.64. The summed E-state index contributed by atoms with van der Waals surface area (Å²) in [4.78, 5) is 4.75. The first-order chi connectivity index (χ1) is 7.16. The van der Waals surface area contributed by atoms with Crippen LogP contribution in [-0.2, 0) is 0 Å². The number of hydrogen-bond donors (Lipinski definition) is 0. The van der Waals surface area contributed by atoms with Crippen LogP contribution in [-0.4, -0.2) is 17.9 Å². The van der Waals surface area contributed by atoms with Gasteiger partial charge in [-0.3, -0.25) is 0 Å². The van der Waals surface area contributed by atoms with E-state index in [-0.39, 0.29) is 0 Å². The van der Waals surface area contributed by atoms with Crippen molar-refractivity contribution in [2.24, 2.45) is 0 Å². The Hall–Kier alpha value is -1.07. The van der Waals surface area contributed by atoms with Crippen molar-refractivity contribution >= 4 is 39.8 Å². The third kappa shape index (κ3) is 1.42. The van der Waals surface area contributed by atoms with Crippen LogP contribution in [0.2, 0.25) is 11.4 Å². The van der Waals surface area contributed by atoms with Crippen molar-refractivity contribution < 1.29 is 4.42 Å². The minimum absolute atomic E-state index is 1.00. The molecule has 3 rings (SSSR count). The van der Waals surface area contributed by atoms with Gasteiger partial charge in [0.05, 0.1) is 0 Å². The second-order valence-corrected chi connectivity index (χ2v) is 12.5. The standard InChI is InChI=1S/C13H13AsO/c1-14(2)8-7-11-10-5-3-4-6-12(10)15-13(11)9-14/h3-9H,1-2H3. The first-order valence-electron chi connectivity index (χ1n) is 5.06. The van der Waals surface area contributed by atoms with Crippen molar-refractivity contribution in [3.05, 3.63) is 34.9 Å². The van der Waals surface area contributed by atoms with E-state index in [9.17, 15) is 0 Å². The zero-order valence-corrected chi connectivity index (χ0v) is 10.8. The van der Waals surface area contributed by atoms with E-state index < -0.39 is 13.1 Å². The van der Waals surface area contributed by atoms with E-state index in [2.05, 4.69) is 39.3 Å². The molecule has 0 fully saturated rings. The van der Waals surface area contributed by atoms with Crippen LogP contribution in [0.4, 0.5) is 0 Å². The molecule has 0 aliphatic carbocycles. The predicted molar refractivity (Wildman–Crippen MR) is 67.9 cm³/mol. The number of rotatable bonds is 0. The van der Waals surface area contributed by atoms with E-state index >= 15 is 0 Å². The van der Waals surface area contributed by atoms with E-state index in [1.54, 1.807) is 0 Å². The summed E-state index contributed by atoms with van der Waals surface area (Å²) in [5.41, 5.74) is 6.78. The van der Waals surface area contributed by atoms with Gasteiger partial charge in [-0.15, -0.1) is 0 Å². The Morgan fingerprint density at radius 1 is 1.13 bits per heavy atom. The molecule has 0 atom stereocenters. The molecule has 1 aliphatic rings. The van der Waals surface area contributed by atoms with Crippen LogP contribution >= 0.6 is 0 Å². The van der Waals surface area contributed by atoms with Crippen molar-refractivity contribution in [2.75, 3.05) is 0 Å². The number of hydrogen-bond acceptors (Lipinski definition) is 1. The SMILES string of the molecule is C[As]1(C)=CC=c2c(oc3ccccc23)=C1. The zero-order chi connectivity index (χ0) is 10.5. The van der Waals surface area contributed by atoms with Gasteiger partial charge in [-0.1, -0.05) is 0 Å². The summed E-state index contributed by atoms with van der Waals surface area (Å²) in [6.45, 7) is 0. The van der Waals surface area contributed by atoms with Crippen LogP contribution in [0, 0.1) is 0 Å². The summed E-state index contributed by atoms with van der Waals surface area (Å²) in [5.74, 6) is 0. The molecule has 1 aliphatic heterocycles. The summed E-state index contributed by atoms with van der Waals surface area (Å²) >= 11 is -1.64. The molecule has 1 aromatic carbocycles. The van der Waals surface area contributed by atoms with E-state index in [0.29, 0.717) is 0 Å². The van der Waals surface area contributed by atoms with E-state index in [4.69, 9.17) is 4.42 Å². The normalized spacial score (nSPS) is 17.5. The molecule has 1 aromatic heterocycles. The van der Waals surface area contributed by atoms with Gasteiger partial charge in [-0.05, 0) is 0 Å². The van der Waals surface area contributed by atoms with Crippen LogP contribution in [0.25, 0.3) is 21.9 Å². The fraction of sp³-hybridized carbons (Fsp3) is 0.154. The molecule has 0 unspecified atom stereocenters. The Kier molecular flexibility index (Phi) is 1.81. The third-order valence-corrected chi connectivity index (χ3v) is 6.55. The Bertz CT molecular complexity index is 698. The van der Waals surface area contributed by atoms with Crippen molar-refractivity contribution in [3.8, 4) is 0 Å². The van der Waals surface area contributed by atoms with Crippen LogP contribution in [0.15, 0.2) is 28.7 Å². The molecule has 15 heavy (non-hydrogen) atoms. The van der Waals surface area contributed by atoms with Crippen molar-refractivity contribution in [1.29, 1.82) is 0 Å². The van der Waals surface area contributed by atoms with Gasteiger partial charge in [0.15, 0.2) is 0 Å². The Morgan fingerprint density at radius 3 is 2.80 bits per heavy atom. The van der Waals surface area contributed by atoms with Gasteiger partial charge >= 0.3 is 90.6 Å². The topological polar surface area (TPSA) is 13.1 Å². The molecule has 0 radical (unpaired) electrons. The van der Waals surface area contributed by atoms with Gasteiger partial charge < -0.3 is 0 Å². The van der Waals surface area contributed by atoms with Gasteiger partial charge in [-0.2, -0.15) is 0 Å². The second kappa shape index (κ2) is 2.96. The maximum absolute atomic E-state index is 5.86. The average molecular weight is 260 g/mol. The fourth-order valence-corrected chi connectivity index (χ4v) is 4.93. The summed E-state index contributed by atoms with van der Waals surface area (Å²) in [6, 6.07) is 8.24. The van der Waals surface area contributed by atoms with Gasteiger partial charge in [0.25, 0.3) is 0 Å². The molecule has 0 spiro atoms. The Labute approximate surface area is 90.7 Å². The molecule has 76 valence electrons. The van der Waals surface area contributed by atoms with Crippen LogP contribution in [0.1, 0.15) is 0 Å². The molecular formula is C13H13AsO. The van der Waals surface area contributed by atoms with Crippen LogP contribution in [0.3, 0.4) is 0 Å². The molecule has 0 saturated carbocycles. The van der Waals surface area contributed by atoms with E-state index in [1.807, 2.05) is 12.1 Å². The fourth-order valence-electron chi connectivity index (χ4n) is 1.96. The van der Waals surface area contributed by atoms with Gasteiger partial charge in [0, 0.05) is 0 Å². The third-order valence-electron chi connectivity index (χ3n) is 2.74. The first kappa shape index (κ1) is 9.18. The first-order valence-corrected chi connectivity index (χ1v) is 11.0. The monoisotopic (exact) mass is 260 g/mol. The summed E-state index contributed by atoms with van der Waals surface area (Å²) < 4.78 is 5.86. The van der Waals surface area contributed by atoms with Crippen molar-refractivity contribution in [3.63, 3.8) is 0 Å². The molecule has 0 N–H and O–H groups in total. The average Bonchev–Trinajstić information content (AvgIpc) is 2.52. The maximum atomic E-state index is 5.86.